The molecule has 1 fully saturated rings. The number of benzene rings is 1. The molecule has 0 aliphatic carbocycles. The highest BCUT2D eigenvalue weighted by atomic mass is 32.2. The smallest absolute Gasteiger partial charge is 0.0415 e. The first-order valence-electron chi connectivity index (χ1n) is 7.32. The van der Waals surface area contributed by atoms with Crippen LogP contribution in [0.25, 0.3) is 0 Å². The molecule has 3 heteroatoms. The van der Waals surface area contributed by atoms with Gasteiger partial charge in [-0.15, -0.1) is 0 Å². The second-order valence-electron chi connectivity index (χ2n) is 5.47. The van der Waals surface area contributed by atoms with Crippen molar-refractivity contribution in [2.45, 2.75) is 43.7 Å². The number of rotatable bonds is 4. The van der Waals surface area contributed by atoms with E-state index in [1.165, 1.54) is 11.3 Å². The van der Waals surface area contributed by atoms with Crippen molar-refractivity contribution in [3.63, 3.8) is 0 Å². The van der Waals surface area contributed by atoms with Crippen molar-refractivity contribution in [2.24, 2.45) is 0 Å². The molecule has 0 spiro atoms. The average molecular weight is 278 g/mol. The van der Waals surface area contributed by atoms with Crippen LogP contribution >= 0.6 is 11.8 Å². The normalized spacial score (nSPS) is 25.4. The van der Waals surface area contributed by atoms with Gasteiger partial charge in [-0.2, -0.15) is 11.8 Å². The fraction of sp³-hybridized carbons (Fsp3) is 0.625. The van der Waals surface area contributed by atoms with Gasteiger partial charge in [0, 0.05) is 35.3 Å². The van der Waals surface area contributed by atoms with Crippen LogP contribution in [0.4, 0.5) is 5.69 Å². The molecular weight excluding hydrogens is 252 g/mol. The molecule has 0 aromatic heterocycles. The highest BCUT2D eigenvalue weighted by Gasteiger charge is 2.25. The Balaban J connectivity index is 2.28. The van der Waals surface area contributed by atoms with Crippen LogP contribution in [0.3, 0.4) is 0 Å². The van der Waals surface area contributed by atoms with Crippen LogP contribution in [0.2, 0.25) is 0 Å². The standard InChI is InChI=1S/C16H26N2S/c1-5-15(17-4)14-8-6-7-9-16(14)18-10-12(2)19-13(3)11-18/h6-9,12-13,15,17H,5,10-11H2,1-4H3. The Morgan fingerprint density at radius 2 is 1.89 bits per heavy atom. The second kappa shape index (κ2) is 6.67. The van der Waals surface area contributed by atoms with Crippen molar-refractivity contribution in [3.05, 3.63) is 29.8 Å². The lowest BCUT2D eigenvalue weighted by molar-refractivity contribution is 0.573. The second-order valence-corrected chi connectivity index (χ2v) is 7.35. The molecule has 1 N–H and O–H groups in total. The number of hydrogen-bond donors (Lipinski definition) is 1. The lowest BCUT2D eigenvalue weighted by atomic mass is 10.0. The van der Waals surface area contributed by atoms with Crippen molar-refractivity contribution in [3.8, 4) is 0 Å². The van der Waals surface area contributed by atoms with Crippen LogP contribution in [0, 0.1) is 0 Å². The van der Waals surface area contributed by atoms with Crippen LogP contribution in [0.15, 0.2) is 24.3 Å². The number of nitrogens with zero attached hydrogens (tertiary/aromatic N) is 1. The molecule has 3 atom stereocenters. The Labute approximate surface area is 122 Å². The molecular formula is C16H26N2S. The lowest BCUT2D eigenvalue weighted by Crippen LogP contribution is -2.41. The van der Waals surface area contributed by atoms with Gasteiger partial charge in [-0.1, -0.05) is 39.0 Å². The summed E-state index contributed by atoms with van der Waals surface area (Å²) in [5.41, 5.74) is 2.86. The SMILES string of the molecule is CCC(NC)c1ccccc1N1CC(C)SC(C)C1. The van der Waals surface area contributed by atoms with Crippen LogP contribution in [0.1, 0.15) is 38.8 Å². The van der Waals surface area contributed by atoms with E-state index in [-0.39, 0.29) is 0 Å². The molecule has 0 radical (unpaired) electrons. The largest absolute Gasteiger partial charge is 0.369 e. The summed E-state index contributed by atoms with van der Waals surface area (Å²) in [5.74, 6) is 0. The first-order chi connectivity index (χ1) is 9.15. The van der Waals surface area contributed by atoms with Gasteiger partial charge < -0.3 is 10.2 Å². The third-order valence-corrected chi connectivity index (χ3v) is 5.06. The summed E-state index contributed by atoms with van der Waals surface area (Å²) in [7, 11) is 2.06. The van der Waals surface area contributed by atoms with Crippen molar-refractivity contribution in [1.82, 2.24) is 5.32 Å². The predicted molar refractivity (Wildman–Crippen MR) is 87.3 cm³/mol. The summed E-state index contributed by atoms with van der Waals surface area (Å²) in [5, 5.41) is 4.87. The van der Waals surface area contributed by atoms with Crippen molar-refractivity contribution in [2.75, 3.05) is 25.0 Å². The first-order valence-corrected chi connectivity index (χ1v) is 8.26. The van der Waals surface area contributed by atoms with Gasteiger partial charge in [0.25, 0.3) is 0 Å². The molecule has 19 heavy (non-hydrogen) atoms. The van der Waals surface area contributed by atoms with E-state index in [1.54, 1.807) is 0 Å². The summed E-state index contributed by atoms with van der Waals surface area (Å²) in [6.45, 7) is 9.24. The van der Waals surface area contributed by atoms with Crippen molar-refractivity contribution >= 4 is 17.4 Å². The predicted octanol–water partition coefficient (Wildman–Crippen LogP) is 3.69. The lowest BCUT2D eigenvalue weighted by Gasteiger charge is -2.38. The van der Waals surface area contributed by atoms with Crippen LogP contribution in [-0.4, -0.2) is 30.6 Å². The Morgan fingerprint density at radius 3 is 2.47 bits per heavy atom. The summed E-state index contributed by atoms with van der Waals surface area (Å²) in [6, 6.07) is 9.33. The van der Waals surface area contributed by atoms with E-state index in [9.17, 15) is 0 Å². The molecule has 1 aromatic carbocycles. The molecule has 0 saturated carbocycles. The molecule has 1 aromatic rings. The third kappa shape index (κ3) is 3.46. The number of para-hydroxylation sites is 1. The van der Waals surface area contributed by atoms with Gasteiger partial charge in [0.05, 0.1) is 0 Å². The quantitative estimate of drug-likeness (QED) is 0.904. The topological polar surface area (TPSA) is 15.3 Å². The summed E-state index contributed by atoms with van der Waals surface area (Å²) in [4.78, 5) is 2.57. The van der Waals surface area contributed by atoms with Gasteiger partial charge in [0.15, 0.2) is 0 Å². The summed E-state index contributed by atoms with van der Waals surface area (Å²) in [6.07, 6.45) is 1.13. The molecule has 1 heterocycles. The third-order valence-electron chi connectivity index (χ3n) is 3.83. The van der Waals surface area contributed by atoms with Crippen LogP contribution < -0.4 is 10.2 Å². The van der Waals surface area contributed by atoms with E-state index >= 15 is 0 Å². The van der Waals surface area contributed by atoms with E-state index in [4.69, 9.17) is 0 Å². The Morgan fingerprint density at radius 1 is 1.26 bits per heavy atom. The minimum Gasteiger partial charge on any atom is -0.369 e. The fourth-order valence-electron chi connectivity index (χ4n) is 3.02. The van der Waals surface area contributed by atoms with Gasteiger partial charge in [0.1, 0.15) is 0 Å². The highest BCUT2D eigenvalue weighted by molar-refractivity contribution is 8.00. The van der Waals surface area contributed by atoms with Gasteiger partial charge >= 0.3 is 0 Å². The van der Waals surface area contributed by atoms with Crippen LogP contribution in [0.5, 0.6) is 0 Å². The number of thioether (sulfide) groups is 1. The maximum absolute atomic E-state index is 3.44. The van der Waals surface area contributed by atoms with E-state index in [2.05, 4.69) is 74.1 Å². The number of hydrogen-bond acceptors (Lipinski definition) is 3. The molecule has 1 aliphatic heterocycles. The number of nitrogens with one attached hydrogen (secondary N) is 1. The van der Waals surface area contributed by atoms with Crippen molar-refractivity contribution in [1.29, 1.82) is 0 Å². The highest BCUT2D eigenvalue weighted by Crippen LogP contribution is 2.33. The van der Waals surface area contributed by atoms with Gasteiger partial charge in [0.2, 0.25) is 0 Å². The zero-order valence-electron chi connectivity index (χ0n) is 12.5. The summed E-state index contributed by atoms with van der Waals surface area (Å²) < 4.78 is 0. The van der Waals surface area contributed by atoms with Gasteiger partial charge in [-0.25, -0.2) is 0 Å². The molecule has 106 valence electrons. The average Bonchev–Trinajstić information content (AvgIpc) is 2.39. The van der Waals surface area contributed by atoms with Crippen LogP contribution in [-0.2, 0) is 0 Å². The molecule has 1 saturated heterocycles. The Kier molecular flexibility index (Phi) is 5.17. The Hall–Kier alpha value is -0.670. The Bertz CT molecular complexity index is 393. The minimum atomic E-state index is 0.455. The first kappa shape index (κ1) is 14.7. The van der Waals surface area contributed by atoms with Crippen molar-refractivity contribution < 1.29 is 0 Å². The molecule has 1 aliphatic rings. The van der Waals surface area contributed by atoms with Gasteiger partial charge in [-0.3, -0.25) is 0 Å². The van der Waals surface area contributed by atoms with E-state index < -0.39 is 0 Å². The number of anilines is 1. The van der Waals surface area contributed by atoms with Gasteiger partial charge in [-0.05, 0) is 25.1 Å². The zero-order chi connectivity index (χ0) is 13.8. The minimum absolute atomic E-state index is 0.455. The van der Waals surface area contributed by atoms with E-state index in [0.29, 0.717) is 16.5 Å². The monoisotopic (exact) mass is 278 g/mol. The molecule has 2 rings (SSSR count). The molecule has 0 amide bonds. The zero-order valence-corrected chi connectivity index (χ0v) is 13.3. The van der Waals surface area contributed by atoms with E-state index in [0.717, 1.165) is 19.5 Å². The summed E-state index contributed by atoms with van der Waals surface area (Å²) >= 11 is 2.11. The maximum atomic E-state index is 3.44. The van der Waals surface area contributed by atoms with E-state index in [1.807, 2.05) is 0 Å². The molecule has 0 bridgehead atoms. The molecule has 3 unspecified atom stereocenters. The maximum Gasteiger partial charge on any atom is 0.0415 e. The fourth-order valence-corrected chi connectivity index (χ4v) is 4.35. The molecule has 2 nitrogen and oxygen atoms in total.